The molecule has 0 aliphatic heterocycles. The third kappa shape index (κ3) is 10.0. The first kappa shape index (κ1) is 33.9. The summed E-state index contributed by atoms with van der Waals surface area (Å²) in [6.45, 7) is 0. The van der Waals surface area contributed by atoms with Crippen LogP contribution < -0.4 is 27.4 Å². The molecule has 0 spiro atoms. The number of hydrogen-bond donors (Lipinski definition) is 8. The Labute approximate surface area is 258 Å². The average molecular weight is 627 g/mol. The number of benzene rings is 2. The van der Waals surface area contributed by atoms with Crippen molar-refractivity contribution in [2.24, 2.45) is 11.5 Å². The van der Waals surface area contributed by atoms with Crippen LogP contribution in [0.25, 0.3) is 10.9 Å². The van der Waals surface area contributed by atoms with Gasteiger partial charge in [0.15, 0.2) is 0 Å². The van der Waals surface area contributed by atoms with E-state index in [9.17, 15) is 34.2 Å². The first-order valence-electron chi connectivity index (χ1n) is 14.0. The Morgan fingerprint density at radius 3 is 2.16 bits per heavy atom. The molecule has 3 aromatic rings. The predicted octanol–water partition coefficient (Wildman–Crippen LogP) is 0.544. The molecule has 4 amide bonds. The van der Waals surface area contributed by atoms with Crippen LogP contribution in [0.2, 0.25) is 0 Å². The minimum Gasteiger partial charge on any atom is -0.508 e. The van der Waals surface area contributed by atoms with Crippen LogP contribution in [0, 0.1) is 0 Å². The number of carboxylic acids is 1. The molecule has 3 rings (SSSR count). The quantitative estimate of drug-likeness (QED) is 0.104. The molecule has 0 saturated carbocycles. The molecule has 236 valence electrons. The number of amides is 4. The number of carbonyl (C=O) groups excluding carboxylic acids is 4. The number of carbonyl (C=O) groups is 5. The molecule has 13 nitrogen and oxygen atoms in total. The number of nitrogens with one attached hydrogen (secondary N) is 4. The maximum atomic E-state index is 13.5. The zero-order valence-electron chi connectivity index (χ0n) is 24.2. The second-order valence-corrected chi connectivity index (χ2v) is 11.3. The number of rotatable bonds is 17. The van der Waals surface area contributed by atoms with Crippen molar-refractivity contribution in [1.29, 1.82) is 0 Å². The van der Waals surface area contributed by atoms with E-state index in [1.165, 1.54) is 23.9 Å². The topological polar surface area (TPSA) is 230 Å². The minimum atomic E-state index is -1.43. The highest BCUT2D eigenvalue weighted by atomic mass is 32.2. The van der Waals surface area contributed by atoms with Gasteiger partial charge in [0.1, 0.15) is 23.9 Å². The van der Waals surface area contributed by atoms with Gasteiger partial charge in [-0.2, -0.15) is 11.8 Å². The van der Waals surface area contributed by atoms with Crippen molar-refractivity contribution < 1.29 is 34.2 Å². The number of aromatic hydroxyl groups is 1. The van der Waals surface area contributed by atoms with Gasteiger partial charge in [0.2, 0.25) is 23.6 Å². The lowest BCUT2D eigenvalue weighted by Gasteiger charge is -2.25. The Balaban J connectivity index is 1.76. The van der Waals surface area contributed by atoms with E-state index in [1.807, 2.05) is 30.5 Å². The monoisotopic (exact) mass is 626 g/mol. The van der Waals surface area contributed by atoms with Crippen molar-refractivity contribution in [2.75, 3.05) is 12.0 Å². The summed E-state index contributed by atoms with van der Waals surface area (Å²) in [5, 5.41) is 27.9. The Morgan fingerprint density at radius 1 is 0.864 bits per heavy atom. The van der Waals surface area contributed by atoms with Gasteiger partial charge in [-0.3, -0.25) is 19.2 Å². The van der Waals surface area contributed by atoms with Crippen LogP contribution in [0.4, 0.5) is 0 Å². The van der Waals surface area contributed by atoms with Gasteiger partial charge in [-0.1, -0.05) is 30.3 Å². The number of phenols is 1. The van der Waals surface area contributed by atoms with E-state index in [2.05, 4.69) is 20.9 Å². The van der Waals surface area contributed by atoms with Crippen LogP contribution in [0.1, 0.15) is 30.4 Å². The van der Waals surface area contributed by atoms with Crippen molar-refractivity contribution in [1.82, 2.24) is 20.9 Å². The number of H-pyrrole nitrogens is 1. The number of aromatic amines is 1. The summed E-state index contributed by atoms with van der Waals surface area (Å²) in [4.78, 5) is 66.0. The molecule has 0 radical (unpaired) electrons. The molecule has 10 N–H and O–H groups in total. The van der Waals surface area contributed by atoms with Gasteiger partial charge < -0.3 is 42.6 Å². The number of carboxylic acid groups (broad SMARTS) is 1. The van der Waals surface area contributed by atoms with E-state index >= 15 is 0 Å². The fraction of sp³-hybridized carbons (Fsp3) is 0.367. The SMILES string of the molecule is CSCCC(NC(=O)C(N)Cc1c[nH]c2ccccc12)C(=O)NC(Cc1ccc(O)cc1)C(=O)NC(CCC(N)=O)C(=O)O. The lowest BCUT2D eigenvalue weighted by atomic mass is 10.0. The number of phenolic OH excluding ortho intramolecular Hbond substituents is 1. The van der Waals surface area contributed by atoms with Gasteiger partial charge in [0.05, 0.1) is 6.04 Å². The fourth-order valence-electron chi connectivity index (χ4n) is 4.58. The molecular weight excluding hydrogens is 588 g/mol. The second-order valence-electron chi connectivity index (χ2n) is 10.3. The zero-order chi connectivity index (χ0) is 32.2. The van der Waals surface area contributed by atoms with Crippen LogP contribution in [0.5, 0.6) is 5.75 Å². The number of aromatic nitrogens is 1. The van der Waals surface area contributed by atoms with E-state index < -0.39 is 53.8 Å². The Hall–Kier alpha value is -4.56. The van der Waals surface area contributed by atoms with Crippen molar-refractivity contribution in [3.05, 3.63) is 65.9 Å². The van der Waals surface area contributed by atoms with Crippen LogP contribution >= 0.6 is 11.8 Å². The van der Waals surface area contributed by atoms with Gasteiger partial charge >= 0.3 is 5.97 Å². The molecule has 14 heteroatoms. The summed E-state index contributed by atoms with van der Waals surface area (Å²) in [5.41, 5.74) is 13.7. The third-order valence-electron chi connectivity index (χ3n) is 7.00. The number of fused-ring (bicyclic) bond motifs is 1. The van der Waals surface area contributed by atoms with Crippen LogP contribution in [0.15, 0.2) is 54.7 Å². The van der Waals surface area contributed by atoms with E-state index in [0.717, 1.165) is 16.5 Å². The smallest absolute Gasteiger partial charge is 0.326 e. The molecule has 0 fully saturated rings. The van der Waals surface area contributed by atoms with Gasteiger partial charge in [0, 0.05) is 29.9 Å². The Bertz CT molecular complexity index is 1460. The number of aliphatic carboxylic acids is 1. The van der Waals surface area contributed by atoms with E-state index in [4.69, 9.17) is 11.5 Å². The largest absolute Gasteiger partial charge is 0.508 e. The maximum Gasteiger partial charge on any atom is 0.326 e. The van der Waals surface area contributed by atoms with Crippen molar-refractivity contribution in [3.8, 4) is 5.75 Å². The highest BCUT2D eigenvalue weighted by molar-refractivity contribution is 7.98. The predicted molar refractivity (Wildman–Crippen MR) is 167 cm³/mol. The highest BCUT2D eigenvalue weighted by Gasteiger charge is 2.31. The molecule has 0 saturated heterocycles. The first-order chi connectivity index (χ1) is 21.0. The Kier molecular flexibility index (Phi) is 12.6. The maximum absolute atomic E-state index is 13.5. The first-order valence-corrected chi connectivity index (χ1v) is 15.4. The molecule has 2 aromatic carbocycles. The van der Waals surface area contributed by atoms with Gasteiger partial charge in [0.25, 0.3) is 0 Å². The summed E-state index contributed by atoms with van der Waals surface area (Å²) in [6, 6.07) is 8.86. The molecule has 1 heterocycles. The molecule has 0 aliphatic carbocycles. The van der Waals surface area contributed by atoms with E-state index in [-0.39, 0.29) is 37.9 Å². The van der Waals surface area contributed by atoms with E-state index in [1.54, 1.807) is 18.3 Å². The summed E-state index contributed by atoms with van der Waals surface area (Å²) in [6.07, 6.45) is 3.53. The van der Waals surface area contributed by atoms with Crippen molar-refractivity contribution in [3.63, 3.8) is 0 Å². The number of thioether (sulfide) groups is 1. The summed E-state index contributed by atoms with van der Waals surface area (Å²) in [5.74, 6) is -3.60. The zero-order valence-corrected chi connectivity index (χ0v) is 25.1. The Morgan fingerprint density at radius 2 is 1.50 bits per heavy atom. The number of nitrogens with two attached hydrogens (primary N) is 2. The average Bonchev–Trinajstić information content (AvgIpc) is 3.40. The fourth-order valence-corrected chi connectivity index (χ4v) is 5.05. The highest BCUT2D eigenvalue weighted by Crippen LogP contribution is 2.19. The summed E-state index contributed by atoms with van der Waals surface area (Å²) >= 11 is 1.46. The third-order valence-corrected chi connectivity index (χ3v) is 7.64. The van der Waals surface area contributed by atoms with Gasteiger partial charge in [-0.05, 0) is 60.6 Å². The number of hydrogen-bond acceptors (Lipinski definition) is 8. The van der Waals surface area contributed by atoms with Crippen LogP contribution in [-0.4, -0.2) is 81.0 Å². The summed E-state index contributed by atoms with van der Waals surface area (Å²) in [7, 11) is 0. The minimum absolute atomic E-state index is 0.00000241. The molecule has 1 aromatic heterocycles. The molecule has 0 bridgehead atoms. The summed E-state index contributed by atoms with van der Waals surface area (Å²) < 4.78 is 0. The standard InChI is InChI=1S/C30H38N6O7S/c1-44-13-12-23(34-27(39)21(31)15-18-16-33-22-5-3-2-4-20(18)22)28(40)36-25(14-17-6-8-19(37)9-7-17)29(41)35-24(30(42)43)10-11-26(32)38/h2-9,16,21,23-25,33,37H,10-15,31H2,1H3,(H2,32,38)(H,34,39)(H,35,41)(H,36,40)(H,42,43). The lowest BCUT2D eigenvalue weighted by Crippen LogP contribution is -2.58. The molecule has 0 aliphatic rings. The van der Waals surface area contributed by atoms with Crippen LogP contribution in [0.3, 0.4) is 0 Å². The molecule has 4 atom stereocenters. The molecule has 44 heavy (non-hydrogen) atoms. The van der Waals surface area contributed by atoms with E-state index in [0.29, 0.717) is 11.3 Å². The van der Waals surface area contributed by atoms with Crippen molar-refractivity contribution in [2.45, 2.75) is 56.3 Å². The second kappa shape index (κ2) is 16.3. The number of para-hydroxylation sites is 1. The molecule has 4 unspecified atom stereocenters. The normalized spacial score (nSPS) is 13.8. The van der Waals surface area contributed by atoms with Crippen LogP contribution in [-0.2, 0) is 36.8 Å². The number of primary amides is 1. The van der Waals surface area contributed by atoms with Gasteiger partial charge in [-0.15, -0.1) is 0 Å². The van der Waals surface area contributed by atoms with Crippen molar-refractivity contribution >= 4 is 52.3 Å². The van der Waals surface area contributed by atoms with Gasteiger partial charge in [-0.25, -0.2) is 4.79 Å². The molecular formula is C30H38N6O7S. The lowest BCUT2D eigenvalue weighted by molar-refractivity contribution is -0.142.